The normalized spacial score (nSPS) is 17.2. The highest BCUT2D eigenvalue weighted by Gasteiger charge is 2.36. The summed E-state index contributed by atoms with van der Waals surface area (Å²) in [7, 11) is 1.57. The van der Waals surface area contributed by atoms with E-state index in [1.165, 1.54) is 16.7 Å². The molecule has 2 aromatic heterocycles. The highest BCUT2D eigenvalue weighted by atomic mass is 16.4. The van der Waals surface area contributed by atoms with Crippen molar-refractivity contribution >= 4 is 28.8 Å². The van der Waals surface area contributed by atoms with E-state index in [4.69, 9.17) is 5.26 Å². The molecule has 134 valence electrons. The number of aliphatic carboxylic acids is 1. The molecule has 0 spiro atoms. The Morgan fingerprint density at radius 1 is 1.31 bits per heavy atom. The van der Waals surface area contributed by atoms with Crippen molar-refractivity contribution in [1.29, 1.82) is 5.26 Å². The fraction of sp³-hybridized carbons (Fsp3) is 0.312. The highest BCUT2D eigenvalue weighted by Crippen LogP contribution is 2.26. The van der Waals surface area contributed by atoms with Crippen LogP contribution in [0.25, 0.3) is 11.0 Å². The molecule has 10 heteroatoms. The Balaban J connectivity index is 2.12. The van der Waals surface area contributed by atoms with Crippen LogP contribution < -0.4 is 10.5 Å². The second-order valence-corrected chi connectivity index (χ2v) is 5.88. The lowest BCUT2D eigenvalue weighted by molar-refractivity contribution is -0.142. The number of carboxylic acid groups (broad SMARTS) is 2. The first-order chi connectivity index (χ1) is 12.3. The molecule has 1 aliphatic heterocycles. The monoisotopic (exact) mass is 357 g/mol. The minimum absolute atomic E-state index is 0.0268. The number of nitriles is 1. The van der Waals surface area contributed by atoms with Crippen molar-refractivity contribution in [2.75, 3.05) is 24.5 Å². The molecule has 2 N–H and O–H groups in total. The summed E-state index contributed by atoms with van der Waals surface area (Å²) in [6.07, 6.45) is -1.31. The van der Waals surface area contributed by atoms with Gasteiger partial charge < -0.3 is 19.7 Å². The molecule has 1 unspecified atom stereocenters. The molecular weight excluding hydrogens is 342 g/mol. The fourth-order valence-corrected chi connectivity index (χ4v) is 3.06. The van der Waals surface area contributed by atoms with Gasteiger partial charge in [0.05, 0.1) is 11.2 Å². The Morgan fingerprint density at radius 3 is 2.65 bits per heavy atom. The van der Waals surface area contributed by atoms with Crippen LogP contribution >= 0.6 is 0 Å². The van der Waals surface area contributed by atoms with Gasteiger partial charge in [0, 0.05) is 32.7 Å². The molecule has 1 atom stereocenters. The molecule has 26 heavy (non-hydrogen) atoms. The highest BCUT2D eigenvalue weighted by molar-refractivity contribution is 5.89. The minimum atomic E-state index is -1.31. The van der Waals surface area contributed by atoms with Crippen LogP contribution in [0.1, 0.15) is 5.69 Å². The lowest BCUT2D eigenvalue weighted by Crippen LogP contribution is -2.58. The summed E-state index contributed by atoms with van der Waals surface area (Å²) in [5, 5.41) is 27.6. The lowest BCUT2D eigenvalue weighted by Gasteiger charge is -2.39. The van der Waals surface area contributed by atoms with Gasteiger partial charge in [0.2, 0.25) is 0 Å². The molecule has 0 radical (unpaired) electrons. The average molecular weight is 357 g/mol. The standard InChI is InChI=1S/C16H15N5O5/c1-19-10-3-2-9(7-17)18-14(10)11(6-13(19)22)20-4-5-21(16(25)26)12(8-20)15(23)24/h2-3,6,12H,4-5,8H2,1H3,(H,23,24)(H,25,26). The molecule has 2 aromatic rings. The number of carbonyl (C=O) groups is 2. The molecule has 1 fully saturated rings. The maximum atomic E-state index is 12.3. The summed E-state index contributed by atoms with van der Waals surface area (Å²) in [6, 6.07) is 5.10. The Hall–Kier alpha value is -3.61. The van der Waals surface area contributed by atoms with Crippen LogP contribution in [0, 0.1) is 11.3 Å². The number of rotatable bonds is 2. The van der Waals surface area contributed by atoms with Gasteiger partial charge in [-0.2, -0.15) is 5.26 Å². The first kappa shape index (κ1) is 17.2. The first-order valence-corrected chi connectivity index (χ1v) is 7.71. The number of anilines is 1. The Labute approximate surface area is 147 Å². The molecule has 1 saturated heterocycles. The quantitative estimate of drug-likeness (QED) is 0.769. The fourth-order valence-electron chi connectivity index (χ4n) is 3.06. The van der Waals surface area contributed by atoms with E-state index in [0.29, 0.717) is 16.7 Å². The van der Waals surface area contributed by atoms with E-state index in [1.54, 1.807) is 18.0 Å². The van der Waals surface area contributed by atoms with Crippen LogP contribution in [0.4, 0.5) is 10.5 Å². The number of hydrogen-bond acceptors (Lipinski definition) is 6. The Morgan fingerprint density at radius 2 is 2.04 bits per heavy atom. The van der Waals surface area contributed by atoms with Gasteiger partial charge in [-0.1, -0.05) is 0 Å². The Bertz CT molecular complexity index is 1010. The lowest BCUT2D eigenvalue weighted by atomic mass is 10.1. The van der Waals surface area contributed by atoms with Gasteiger partial charge in [0.15, 0.2) is 0 Å². The summed E-state index contributed by atoms with van der Waals surface area (Å²) in [4.78, 5) is 41.7. The summed E-state index contributed by atoms with van der Waals surface area (Å²) >= 11 is 0. The van der Waals surface area contributed by atoms with Crippen molar-refractivity contribution in [2.24, 2.45) is 7.05 Å². The molecule has 1 amide bonds. The molecular formula is C16H15N5O5. The van der Waals surface area contributed by atoms with Crippen LogP contribution in [0.2, 0.25) is 0 Å². The third kappa shape index (κ3) is 2.79. The topological polar surface area (TPSA) is 140 Å². The number of pyridine rings is 2. The number of aryl methyl sites for hydroxylation is 1. The zero-order valence-electron chi connectivity index (χ0n) is 13.8. The van der Waals surface area contributed by atoms with Crippen molar-refractivity contribution in [3.05, 3.63) is 34.2 Å². The van der Waals surface area contributed by atoms with Crippen LogP contribution in [0.15, 0.2) is 23.0 Å². The van der Waals surface area contributed by atoms with Gasteiger partial charge >= 0.3 is 12.1 Å². The van der Waals surface area contributed by atoms with E-state index < -0.39 is 18.1 Å². The predicted octanol–water partition coefficient (Wildman–Crippen LogP) is 0.0584. The van der Waals surface area contributed by atoms with E-state index in [-0.39, 0.29) is 30.9 Å². The van der Waals surface area contributed by atoms with E-state index in [2.05, 4.69) is 4.98 Å². The smallest absolute Gasteiger partial charge is 0.408 e. The van der Waals surface area contributed by atoms with Crippen LogP contribution in [0.5, 0.6) is 0 Å². The number of carboxylic acids is 1. The predicted molar refractivity (Wildman–Crippen MR) is 90.1 cm³/mol. The maximum Gasteiger partial charge on any atom is 0.408 e. The maximum absolute atomic E-state index is 12.3. The number of amides is 1. The average Bonchev–Trinajstić information content (AvgIpc) is 2.63. The zero-order chi connectivity index (χ0) is 19.0. The second-order valence-electron chi connectivity index (χ2n) is 5.88. The van der Waals surface area contributed by atoms with E-state index in [1.807, 2.05) is 6.07 Å². The summed E-state index contributed by atoms with van der Waals surface area (Å²) < 4.78 is 1.38. The molecule has 0 aliphatic carbocycles. The van der Waals surface area contributed by atoms with Crippen LogP contribution in [-0.4, -0.2) is 62.4 Å². The largest absolute Gasteiger partial charge is 0.480 e. The molecule has 0 bridgehead atoms. The summed E-state index contributed by atoms with van der Waals surface area (Å²) in [5.74, 6) is -1.27. The molecule has 0 aromatic carbocycles. The van der Waals surface area contributed by atoms with E-state index >= 15 is 0 Å². The first-order valence-electron chi connectivity index (χ1n) is 7.71. The van der Waals surface area contributed by atoms with Gasteiger partial charge in [-0.15, -0.1) is 0 Å². The molecule has 1 aliphatic rings. The molecule has 3 rings (SSSR count). The van der Waals surface area contributed by atoms with Gasteiger partial charge in [-0.25, -0.2) is 14.6 Å². The summed E-state index contributed by atoms with van der Waals surface area (Å²) in [5.41, 5.74) is 1.12. The second kappa shape index (κ2) is 6.36. The Kier molecular flexibility index (Phi) is 4.21. The third-order valence-electron chi connectivity index (χ3n) is 4.44. The van der Waals surface area contributed by atoms with Crippen molar-refractivity contribution in [3.8, 4) is 6.07 Å². The summed E-state index contributed by atoms with van der Waals surface area (Å²) in [6.45, 7) is 0.0557. The van der Waals surface area contributed by atoms with Crippen molar-refractivity contribution < 1.29 is 19.8 Å². The molecule has 0 saturated carbocycles. The number of hydrogen-bond donors (Lipinski definition) is 2. The molecule has 3 heterocycles. The van der Waals surface area contributed by atoms with Gasteiger partial charge in [-0.05, 0) is 12.1 Å². The SMILES string of the molecule is Cn1c(=O)cc(N2CCN(C(=O)O)C(C(=O)O)C2)c2nc(C#N)ccc21. The van der Waals surface area contributed by atoms with Crippen molar-refractivity contribution in [2.45, 2.75) is 6.04 Å². The number of piperazine rings is 1. The number of nitrogens with zero attached hydrogens (tertiary/aromatic N) is 5. The third-order valence-corrected chi connectivity index (χ3v) is 4.44. The van der Waals surface area contributed by atoms with Gasteiger partial charge in [0.1, 0.15) is 23.3 Å². The van der Waals surface area contributed by atoms with Crippen molar-refractivity contribution in [1.82, 2.24) is 14.5 Å². The number of fused-ring (bicyclic) bond motifs is 1. The van der Waals surface area contributed by atoms with E-state index in [0.717, 1.165) is 4.90 Å². The van der Waals surface area contributed by atoms with Crippen LogP contribution in [0.3, 0.4) is 0 Å². The number of aromatic nitrogens is 2. The van der Waals surface area contributed by atoms with Gasteiger partial charge in [-0.3, -0.25) is 9.69 Å². The minimum Gasteiger partial charge on any atom is -0.480 e. The van der Waals surface area contributed by atoms with Gasteiger partial charge in [0.25, 0.3) is 5.56 Å². The van der Waals surface area contributed by atoms with E-state index in [9.17, 15) is 24.6 Å². The molecule has 10 nitrogen and oxygen atoms in total. The zero-order valence-corrected chi connectivity index (χ0v) is 13.8. The van der Waals surface area contributed by atoms with Crippen molar-refractivity contribution in [3.63, 3.8) is 0 Å². The van der Waals surface area contributed by atoms with Crippen LogP contribution in [-0.2, 0) is 11.8 Å².